The van der Waals surface area contributed by atoms with Crippen LogP contribution in [0.1, 0.15) is 0 Å². The maximum absolute atomic E-state index is 5.23. The van der Waals surface area contributed by atoms with Crippen LogP contribution < -0.4 is 0 Å². The molecule has 8 heterocycles. The van der Waals surface area contributed by atoms with Crippen LogP contribution in [0.2, 0.25) is 0 Å². The van der Waals surface area contributed by atoms with Gasteiger partial charge in [0.1, 0.15) is 0 Å². The van der Waals surface area contributed by atoms with Crippen LogP contribution in [0, 0.1) is 0 Å². The summed E-state index contributed by atoms with van der Waals surface area (Å²) in [6, 6.07) is 169. The lowest BCUT2D eigenvalue weighted by molar-refractivity contribution is 1.23. The molecule has 0 unspecified atom stereocenters. The van der Waals surface area contributed by atoms with Crippen molar-refractivity contribution in [1.29, 1.82) is 0 Å². The van der Waals surface area contributed by atoms with Gasteiger partial charge in [-0.15, -0.1) is 56.7 Å². The lowest BCUT2D eigenvalue weighted by Crippen LogP contribution is -1.93. The van der Waals surface area contributed by atoms with E-state index in [0.717, 1.165) is 99.7 Å². The van der Waals surface area contributed by atoms with Crippen LogP contribution >= 0.6 is 56.7 Å². The third-order valence-corrected chi connectivity index (χ3v) is 36.1. The average molecular weight is 1980 g/mol. The van der Waals surface area contributed by atoms with Gasteiger partial charge in [0.05, 0.1) is 16.6 Å². The van der Waals surface area contributed by atoms with Crippen LogP contribution in [0.3, 0.4) is 0 Å². The summed E-state index contributed by atoms with van der Waals surface area (Å²) in [5, 5.41) is 30.7. The molecule has 32 rings (SSSR count). The summed E-state index contributed by atoms with van der Waals surface area (Å²) in [6.07, 6.45) is 5.99. The first-order valence-electron chi connectivity index (χ1n) is 50.2. The predicted octanol–water partition coefficient (Wildman–Crippen LogP) is 40.3. The number of hydrogen-bond donors (Lipinski definition) is 0. The first kappa shape index (κ1) is 86.4. The third-order valence-electron chi connectivity index (χ3n) is 30.0. The highest BCUT2D eigenvalue weighted by Gasteiger charge is 2.25. The van der Waals surface area contributed by atoms with Gasteiger partial charge in [-0.05, 0) is 165 Å². The summed E-state index contributed by atoms with van der Waals surface area (Å²) >= 11 is 9.45. The van der Waals surface area contributed by atoms with Gasteiger partial charge in [0.2, 0.25) is 0 Å². The van der Waals surface area contributed by atoms with Crippen molar-refractivity contribution in [1.82, 2.24) is 29.9 Å². The third kappa shape index (κ3) is 14.5. The second kappa shape index (κ2) is 35.4. The van der Waals surface area contributed by atoms with E-state index in [-0.39, 0.29) is 0 Å². The van der Waals surface area contributed by atoms with Crippen molar-refractivity contribution < 1.29 is 0 Å². The Labute approximate surface area is 875 Å². The SMILES string of the molecule is c1cc(-c2cccc(-c3cccc4c3sc3c(-c5cccc6c5sc5ccccc56)cccc34)c2)cc(-c2ncc3c4ccccc4c4ccccc4c3n2)c1.c1cc(-c2cccc(-c3ncc4c5ccccc5c5ccccc5c4n3)c2)cc(-c2ccc3sc4ccccc4c3c2)c1.c1cc(-c2ncc3c4ccccc4c4ccccc4c3n2)cc(-c2cccc3c2sc2c(-c4cccc5c4sc4ccccc45)cccc23)c1. The molecule has 11 heteroatoms. The summed E-state index contributed by atoms with van der Waals surface area (Å²) in [5.41, 5.74) is 23.1. The molecule has 0 atom stereocenters. The number of hydrogen-bond acceptors (Lipinski definition) is 11. The zero-order valence-corrected chi connectivity index (χ0v) is 84.0. The largest absolute Gasteiger partial charge is 0.236 e. The quantitative estimate of drug-likeness (QED) is 0.127. The summed E-state index contributed by atoms with van der Waals surface area (Å²) in [5.74, 6) is 2.20. The maximum atomic E-state index is 5.23. The van der Waals surface area contributed by atoms with Gasteiger partial charge in [-0.3, -0.25) is 0 Å². The van der Waals surface area contributed by atoms with Gasteiger partial charge in [0.25, 0.3) is 0 Å². The zero-order chi connectivity index (χ0) is 97.8. The molecule has 0 aliphatic heterocycles. The minimum atomic E-state index is 0.730. The van der Waals surface area contributed by atoms with Gasteiger partial charge < -0.3 is 0 Å². The first-order valence-corrected chi connectivity index (χ1v) is 54.3. The molecule has 0 N–H and O–H groups in total. The fraction of sp³-hybridized carbons (Fsp3) is 0. The van der Waals surface area contributed by atoms with Gasteiger partial charge in [-0.25, -0.2) is 29.9 Å². The Bertz CT molecular complexity index is 11100. The van der Waals surface area contributed by atoms with Crippen molar-refractivity contribution in [2.45, 2.75) is 0 Å². The van der Waals surface area contributed by atoms with Crippen LogP contribution in [-0.2, 0) is 0 Å². The number of nitrogens with zero attached hydrogens (tertiary/aromatic N) is 6. The highest BCUT2D eigenvalue weighted by molar-refractivity contribution is 7.29. The lowest BCUT2D eigenvalue weighted by Gasteiger charge is -2.11. The van der Waals surface area contributed by atoms with Crippen molar-refractivity contribution in [3.8, 4) is 112 Å². The number of rotatable bonds is 10. The molecule has 149 heavy (non-hydrogen) atoms. The van der Waals surface area contributed by atoms with Gasteiger partial charge in [0, 0.05) is 191 Å². The minimum Gasteiger partial charge on any atom is -0.236 e. The Balaban J connectivity index is 0.000000104. The normalized spacial score (nSPS) is 11.9. The molecule has 0 radical (unpaired) electrons. The van der Waals surface area contributed by atoms with E-state index in [1.54, 1.807) is 0 Å². The second-order valence-corrected chi connectivity index (χ2v) is 43.6. The second-order valence-electron chi connectivity index (χ2n) is 38.3. The van der Waals surface area contributed by atoms with Crippen LogP contribution in [0.25, 0.3) is 310 Å². The van der Waals surface area contributed by atoms with E-state index in [4.69, 9.17) is 29.9 Å². The van der Waals surface area contributed by atoms with Gasteiger partial charge >= 0.3 is 0 Å². The summed E-state index contributed by atoms with van der Waals surface area (Å²) in [7, 11) is 0. The lowest BCUT2D eigenvalue weighted by atomic mass is 9.96. The number of thiophene rings is 5. The van der Waals surface area contributed by atoms with E-state index in [1.807, 2.05) is 75.3 Å². The van der Waals surface area contributed by atoms with E-state index in [9.17, 15) is 0 Å². The summed E-state index contributed by atoms with van der Waals surface area (Å²) in [4.78, 5) is 30.4. The van der Waals surface area contributed by atoms with Crippen molar-refractivity contribution in [3.63, 3.8) is 0 Å². The molecule has 0 aliphatic rings. The minimum absolute atomic E-state index is 0.730. The molecule has 0 aliphatic carbocycles. The Morgan fingerprint density at radius 3 is 0.671 bits per heavy atom. The molecular formula is C138H80N6S5. The molecule has 32 aromatic rings. The molecule has 0 fully saturated rings. The monoisotopic (exact) mass is 1980 g/mol. The maximum Gasteiger partial charge on any atom is 0.159 e. The Kier molecular flexibility index (Phi) is 20.6. The van der Waals surface area contributed by atoms with Crippen LogP contribution in [0.15, 0.2) is 486 Å². The molecule has 6 nitrogen and oxygen atoms in total. The number of fused-ring (bicyclic) bond motifs is 33. The van der Waals surface area contributed by atoms with Crippen molar-refractivity contribution in [2.75, 3.05) is 0 Å². The van der Waals surface area contributed by atoms with E-state index in [0.29, 0.717) is 0 Å². The molecule has 8 aromatic heterocycles. The van der Waals surface area contributed by atoms with Crippen LogP contribution in [0.5, 0.6) is 0 Å². The molecule has 24 aromatic carbocycles. The van der Waals surface area contributed by atoms with E-state index in [2.05, 4.69) is 467 Å². The molecule has 0 saturated carbocycles. The van der Waals surface area contributed by atoms with E-state index >= 15 is 0 Å². The molecule has 0 bridgehead atoms. The standard InChI is InChI=1S/C52H30N2S2.C46H26N2S2.C40H24N2S/c1-2-18-38-36(16-1)37-17-3-4-20-40(37)48-46(38)30-53-52(54-48)34-15-8-13-32(29-34)31-12-7-14-33(28-31)35-21-9-23-42-44-25-11-26-45(51(44)56-49(35)42)43-24-10-22-41-39-19-5-6-27-47(39)55-50(41)43;1-2-15-32-30(13-1)31-14-3-4-17-34(31)42-40(32)26-47-46(48-42)28-12-7-11-27(25-28)29-18-8-20-36-38-22-10-23-39(45(38)50-43(29)36)37-21-9-19-35-33-16-5-6-24-41(33)49-44(35)37;1-2-15-32-30(13-1)31-14-3-4-17-34(31)39-36(32)24-41-40(42-39)29-12-8-11-27(22-29)25-9-7-10-26(21-25)28-19-20-38-35(23-28)33-16-5-6-18-37(33)43-38/h1-30H;1-26H;1-24H. The highest BCUT2D eigenvalue weighted by Crippen LogP contribution is 2.52. The average Bonchev–Trinajstić information content (AvgIpc) is 1.13. The van der Waals surface area contributed by atoms with Gasteiger partial charge in [-0.1, -0.05) is 406 Å². The Morgan fingerprint density at radius 2 is 0.329 bits per heavy atom. The Morgan fingerprint density at radius 1 is 0.121 bits per heavy atom. The summed E-state index contributed by atoms with van der Waals surface area (Å²) < 4.78 is 13.3. The van der Waals surface area contributed by atoms with E-state index in [1.165, 1.54) is 211 Å². The van der Waals surface area contributed by atoms with Crippen molar-refractivity contribution in [2.24, 2.45) is 0 Å². The Hall–Kier alpha value is -18.0. The topological polar surface area (TPSA) is 77.3 Å². The molecule has 692 valence electrons. The molecule has 0 saturated heterocycles. The van der Waals surface area contributed by atoms with Crippen molar-refractivity contribution >= 4 is 255 Å². The number of benzene rings is 24. The van der Waals surface area contributed by atoms with Crippen molar-refractivity contribution in [3.05, 3.63) is 486 Å². The van der Waals surface area contributed by atoms with Gasteiger partial charge in [-0.2, -0.15) is 0 Å². The molecule has 0 amide bonds. The smallest absolute Gasteiger partial charge is 0.159 e. The number of aromatic nitrogens is 6. The fourth-order valence-corrected chi connectivity index (χ4v) is 29.3. The van der Waals surface area contributed by atoms with Gasteiger partial charge in [0.15, 0.2) is 17.5 Å². The fourth-order valence-electron chi connectivity index (χ4n) is 23.0. The molecule has 0 spiro atoms. The first-order chi connectivity index (χ1) is 73.9. The summed E-state index contributed by atoms with van der Waals surface area (Å²) in [6.45, 7) is 0. The predicted molar refractivity (Wildman–Crippen MR) is 642 cm³/mol. The molecular weight excluding hydrogens is 1900 g/mol. The van der Waals surface area contributed by atoms with E-state index < -0.39 is 0 Å². The highest BCUT2D eigenvalue weighted by atomic mass is 32.1. The van der Waals surface area contributed by atoms with Crippen LogP contribution in [-0.4, -0.2) is 29.9 Å². The van der Waals surface area contributed by atoms with Crippen LogP contribution in [0.4, 0.5) is 0 Å². The zero-order valence-electron chi connectivity index (χ0n) is 79.9.